The third kappa shape index (κ3) is 2.30. The number of hydrogen-bond acceptors (Lipinski definition) is 4. The molecule has 1 heterocycles. The van der Waals surface area contributed by atoms with Crippen LogP contribution in [0.3, 0.4) is 0 Å². The molecular weight excluding hydrogens is 196 g/mol. The van der Waals surface area contributed by atoms with Crippen molar-refractivity contribution in [2.45, 2.75) is 46.0 Å². The molecule has 0 spiro atoms. The Morgan fingerprint density at radius 2 is 1.73 bits per heavy atom. The minimum atomic E-state index is -1.03. The van der Waals surface area contributed by atoms with Crippen molar-refractivity contribution < 1.29 is 19.1 Å². The van der Waals surface area contributed by atoms with E-state index in [2.05, 4.69) is 6.92 Å². The summed E-state index contributed by atoms with van der Waals surface area (Å²) >= 11 is 0. The molecule has 86 valence electrons. The molecule has 0 aromatic rings. The summed E-state index contributed by atoms with van der Waals surface area (Å²) in [5.74, 6) is -0.838. The smallest absolute Gasteiger partial charge is 0.326 e. The van der Waals surface area contributed by atoms with Crippen molar-refractivity contribution in [3.05, 3.63) is 0 Å². The van der Waals surface area contributed by atoms with Crippen molar-refractivity contribution in [1.29, 1.82) is 0 Å². The molecule has 0 aromatic carbocycles. The van der Waals surface area contributed by atoms with E-state index in [4.69, 9.17) is 9.47 Å². The second-order valence-corrected chi connectivity index (χ2v) is 3.87. The lowest BCUT2D eigenvalue weighted by molar-refractivity contribution is -0.203. The zero-order valence-corrected chi connectivity index (χ0v) is 9.38. The van der Waals surface area contributed by atoms with Crippen LogP contribution in [0.2, 0.25) is 0 Å². The standard InChI is InChI=1S/C11H18O4/c1-3-5-6-7-11(4-2)9(12)14-8-15-10(11)13/h3-8H2,1-2H3. The summed E-state index contributed by atoms with van der Waals surface area (Å²) in [6.07, 6.45) is 3.92. The maximum Gasteiger partial charge on any atom is 0.326 e. The molecule has 0 atom stereocenters. The van der Waals surface area contributed by atoms with E-state index in [0.29, 0.717) is 12.8 Å². The van der Waals surface area contributed by atoms with Crippen molar-refractivity contribution in [2.75, 3.05) is 6.79 Å². The molecule has 0 N–H and O–H groups in total. The Hall–Kier alpha value is -1.06. The van der Waals surface area contributed by atoms with Crippen LogP contribution < -0.4 is 0 Å². The van der Waals surface area contributed by atoms with Gasteiger partial charge in [0.05, 0.1) is 0 Å². The molecule has 1 saturated heterocycles. The first-order chi connectivity index (χ1) is 7.17. The molecule has 0 radical (unpaired) electrons. The summed E-state index contributed by atoms with van der Waals surface area (Å²) in [6, 6.07) is 0. The Balaban J connectivity index is 2.70. The van der Waals surface area contributed by atoms with Gasteiger partial charge in [0, 0.05) is 0 Å². The van der Waals surface area contributed by atoms with E-state index >= 15 is 0 Å². The van der Waals surface area contributed by atoms with E-state index < -0.39 is 17.4 Å². The molecule has 15 heavy (non-hydrogen) atoms. The SMILES string of the molecule is CCCCCC1(CC)C(=O)OCOC1=O. The van der Waals surface area contributed by atoms with Crippen LogP contribution in [0.5, 0.6) is 0 Å². The minimum absolute atomic E-state index is 0.229. The Bertz CT molecular complexity index is 231. The predicted octanol–water partition coefficient (Wildman–Crippen LogP) is 2.02. The summed E-state index contributed by atoms with van der Waals surface area (Å²) in [5.41, 5.74) is -1.03. The van der Waals surface area contributed by atoms with Crippen LogP contribution >= 0.6 is 0 Å². The molecule has 0 aliphatic carbocycles. The van der Waals surface area contributed by atoms with Gasteiger partial charge in [0.15, 0.2) is 5.41 Å². The highest BCUT2D eigenvalue weighted by atomic mass is 16.7. The molecule has 0 unspecified atom stereocenters. The van der Waals surface area contributed by atoms with Crippen molar-refractivity contribution in [3.63, 3.8) is 0 Å². The van der Waals surface area contributed by atoms with Gasteiger partial charge in [0.1, 0.15) is 0 Å². The zero-order chi connectivity index (χ0) is 11.3. The number of carbonyl (C=O) groups excluding carboxylic acids is 2. The van der Waals surface area contributed by atoms with Crippen LogP contribution in [0.15, 0.2) is 0 Å². The Morgan fingerprint density at radius 3 is 2.20 bits per heavy atom. The number of ether oxygens (including phenoxy) is 2. The molecule has 1 rings (SSSR count). The average Bonchev–Trinajstić information content (AvgIpc) is 2.23. The molecule has 1 aliphatic heterocycles. The Morgan fingerprint density at radius 1 is 1.13 bits per heavy atom. The first-order valence-electron chi connectivity index (χ1n) is 5.52. The van der Waals surface area contributed by atoms with Gasteiger partial charge in [0.2, 0.25) is 6.79 Å². The van der Waals surface area contributed by atoms with Crippen LogP contribution in [-0.4, -0.2) is 18.7 Å². The highest BCUT2D eigenvalue weighted by Crippen LogP contribution is 2.34. The molecule has 0 bridgehead atoms. The van der Waals surface area contributed by atoms with Crippen LogP contribution in [0.25, 0.3) is 0 Å². The fourth-order valence-electron chi connectivity index (χ4n) is 1.84. The van der Waals surface area contributed by atoms with Crippen molar-refractivity contribution >= 4 is 11.9 Å². The molecule has 1 fully saturated rings. The monoisotopic (exact) mass is 214 g/mol. The van der Waals surface area contributed by atoms with Crippen molar-refractivity contribution in [1.82, 2.24) is 0 Å². The second-order valence-electron chi connectivity index (χ2n) is 3.87. The molecule has 4 heteroatoms. The fourth-order valence-corrected chi connectivity index (χ4v) is 1.84. The van der Waals surface area contributed by atoms with E-state index in [1.54, 1.807) is 0 Å². The first-order valence-corrected chi connectivity index (χ1v) is 5.52. The van der Waals surface area contributed by atoms with Crippen LogP contribution in [0.4, 0.5) is 0 Å². The highest BCUT2D eigenvalue weighted by Gasteiger charge is 2.49. The summed E-state index contributed by atoms with van der Waals surface area (Å²) in [7, 11) is 0. The van der Waals surface area contributed by atoms with Gasteiger partial charge in [-0.05, 0) is 12.8 Å². The summed E-state index contributed by atoms with van der Waals surface area (Å²) in [4.78, 5) is 23.3. The van der Waals surface area contributed by atoms with Crippen LogP contribution in [0.1, 0.15) is 46.0 Å². The van der Waals surface area contributed by atoms with E-state index in [1.165, 1.54) is 0 Å². The quantitative estimate of drug-likeness (QED) is 0.399. The normalized spacial score (nSPS) is 19.6. The predicted molar refractivity (Wildman–Crippen MR) is 53.9 cm³/mol. The number of esters is 2. The lowest BCUT2D eigenvalue weighted by atomic mass is 9.79. The zero-order valence-electron chi connectivity index (χ0n) is 9.38. The van der Waals surface area contributed by atoms with E-state index in [-0.39, 0.29) is 6.79 Å². The average molecular weight is 214 g/mol. The van der Waals surface area contributed by atoms with Crippen molar-refractivity contribution in [2.24, 2.45) is 5.41 Å². The van der Waals surface area contributed by atoms with Gasteiger partial charge >= 0.3 is 11.9 Å². The third-order valence-electron chi connectivity index (χ3n) is 2.97. The number of hydrogen-bond donors (Lipinski definition) is 0. The van der Waals surface area contributed by atoms with Gasteiger partial charge in [-0.2, -0.15) is 0 Å². The topological polar surface area (TPSA) is 52.6 Å². The fraction of sp³-hybridized carbons (Fsp3) is 0.818. The lowest BCUT2D eigenvalue weighted by Gasteiger charge is -2.31. The molecule has 0 amide bonds. The first kappa shape index (κ1) is 12.0. The number of carbonyl (C=O) groups is 2. The molecule has 1 aliphatic rings. The maximum absolute atomic E-state index is 11.6. The van der Waals surface area contributed by atoms with Gasteiger partial charge in [-0.25, -0.2) is 0 Å². The van der Waals surface area contributed by atoms with Crippen LogP contribution in [0, 0.1) is 5.41 Å². The van der Waals surface area contributed by atoms with Gasteiger partial charge in [-0.15, -0.1) is 0 Å². The van der Waals surface area contributed by atoms with Crippen molar-refractivity contribution in [3.8, 4) is 0 Å². The minimum Gasteiger partial charge on any atom is -0.427 e. The summed E-state index contributed by atoms with van der Waals surface area (Å²) in [5, 5.41) is 0. The summed E-state index contributed by atoms with van der Waals surface area (Å²) < 4.78 is 9.61. The molecule has 4 nitrogen and oxygen atoms in total. The Kier molecular flexibility index (Phi) is 4.12. The molecule has 0 saturated carbocycles. The second kappa shape index (κ2) is 5.14. The van der Waals surface area contributed by atoms with Gasteiger partial charge < -0.3 is 9.47 Å². The number of cyclic esters (lactones) is 2. The number of unbranched alkanes of at least 4 members (excludes halogenated alkanes) is 2. The Labute approximate surface area is 89.9 Å². The van der Waals surface area contributed by atoms with Crippen LogP contribution in [-0.2, 0) is 19.1 Å². The lowest BCUT2D eigenvalue weighted by Crippen LogP contribution is -2.46. The molecule has 0 aromatic heterocycles. The molecular formula is C11H18O4. The van der Waals surface area contributed by atoms with E-state index in [0.717, 1.165) is 19.3 Å². The van der Waals surface area contributed by atoms with Gasteiger partial charge in [-0.1, -0.05) is 33.1 Å². The largest absolute Gasteiger partial charge is 0.427 e. The van der Waals surface area contributed by atoms with Gasteiger partial charge in [0.25, 0.3) is 0 Å². The van der Waals surface area contributed by atoms with Gasteiger partial charge in [-0.3, -0.25) is 9.59 Å². The third-order valence-corrected chi connectivity index (χ3v) is 2.97. The van der Waals surface area contributed by atoms with E-state index in [1.807, 2.05) is 6.92 Å². The highest BCUT2D eigenvalue weighted by molar-refractivity contribution is 6.01. The summed E-state index contributed by atoms with van der Waals surface area (Å²) in [6.45, 7) is 3.67. The van der Waals surface area contributed by atoms with E-state index in [9.17, 15) is 9.59 Å². The number of rotatable bonds is 5. The maximum atomic E-state index is 11.6.